The molecule has 1 amide bonds. The first-order chi connectivity index (χ1) is 11.6. The van der Waals surface area contributed by atoms with Crippen LogP contribution in [0.1, 0.15) is 46.5 Å². The van der Waals surface area contributed by atoms with E-state index in [0.29, 0.717) is 11.9 Å². The number of thiophene rings is 1. The molecule has 2 atom stereocenters. The average molecular weight is 343 g/mol. The standard InChI is InChI=1S/C15H17N7OS/c1-9-10(12-4-3-7-24-12)5-6-13-16-15(19-22(9)13)17-14(23)11-8-21(2)20-18-11/h3-4,7-10H,5-6H2,1-2H3,(H,17,19,23). The molecule has 8 nitrogen and oxygen atoms in total. The van der Waals surface area contributed by atoms with Crippen molar-refractivity contribution >= 4 is 23.2 Å². The highest BCUT2D eigenvalue weighted by Gasteiger charge is 2.30. The Bertz CT molecular complexity index is 866. The van der Waals surface area contributed by atoms with E-state index in [1.165, 1.54) is 9.56 Å². The van der Waals surface area contributed by atoms with Crippen LogP contribution in [0.2, 0.25) is 0 Å². The lowest BCUT2D eigenvalue weighted by Gasteiger charge is -2.28. The summed E-state index contributed by atoms with van der Waals surface area (Å²) in [6.07, 6.45) is 3.44. The normalized spacial score (nSPS) is 19.9. The molecule has 124 valence electrons. The third-order valence-electron chi connectivity index (χ3n) is 4.32. The molecule has 1 aliphatic heterocycles. The molecule has 3 aromatic heterocycles. The van der Waals surface area contributed by atoms with Gasteiger partial charge in [-0.15, -0.1) is 21.5 Å². The van der Waals surface area contributed by atoms with Crippen molar-refractivity contribution < 1.29 is 4.79 Å². The molecule has 1 N–H and O–H groups in total. The molecule has 0 aromatic carbocycles. The summed E-state index contributed by atoms with van der Waals surface area (Å²) in [7, 11) is 1.71. The first-order valence-corrected chi connectivity index (χ1v) is 8.66. The molecule has 0 radical (unpaired) electrons. The van der Waals surface area contributed by atoms with Crippen LogP contribution < -0.4 is 5.32 Å². The summed E-state index contributed by atoms with van der Waals surface area (Å²) in [5.41, 5.74) is 0.245. The van der Waals surface area contributed by atoms with Gasteiger partial charge in [0.25, 0.3) is 5.91 Å². The number of carbonyl (C=O) groups excluding carboxylic acids is 1. The lowest BCUT2D eigenvalue weighted by molar-refractivity contribution is 0.102. The first kappa shape index (κ1) is 15.0. The van der Waals surface area contributed by atoms with Gasteiger partial charge < -0.3 is 0 Å². The van der Waals surface area contributed by atoms with E-state index in [2.05, 4.69) is 50.1 Å². The van der Waals surface area contributed by atoms with Gasteiger partial charge in [-0.05, 0) is 24.8 Å². The Balaban J connectivity index is 1.55. The van der Waals surface area contributed by atoms with Crippen LogP contribution in [-0.2, 0) is 13.5 Å². The second-order valence-electron chi connectivity index (χ2n) is 5.93. The number of aryl methyl sites for hydroxylation is 2. The zero-order chi connectivity index (χ0) is 16.7. The SMILES string of the molecule is CC1C(c2cccs2)CCc2nc(NC(=O)c3cn(C)nn3)nn21. The highest BCUT2D eigenvalue weighted by atomic mass is 32.1. The van der Waals surface area contributed by atoms with Gasteiger partial charge in [0.2, 0.25) is 5.95 Å². The van der Waals surface area contributed by atoms with Crippen molar-refractivity contribution in [2.75, 3.05) is 5.32 Å². The third-order valence-corrected chi connectivity index (χ3v) is 5.32. The molecule has 0 saturated carbocycles. The Kier molecular flexibility index (Phi) is 3.64. The maximum Gasteiger partial charge on any atom is 0.280 e. The smallest absolute Gasteiger partial charge is 0.280 e. The van der Waals surface area contributed by atoms with Crippen molar-refractivity contribution in [1.82, 2.24) is 29.8 Å². The number of nitrogens with one attached hydrogen (secondary N) is 1. The molecule has 4 heterocycles. The number of anilines is 1. The zero-order valence-corrected chi connectivity index (χ0v) is 14.2. The quantitative estimate of drug-likeness (QED) is 0.785. The number of rotatable bonds is 3. The molecule has 2 unspecified atom stereocenters. The maximum atomic E-state index is 12.2. The molecule has 1 aliphatic rings. The Morgan fingerprint density at radius 2 is 2.33 bits per heavy atom. The fraction of sp³-hybridized carbons (Fsp3) is 0.400. The molecule has 9 heteroatoms. The van der Waals surface area contributed by atoms with Crippen LogP contribution in [0.15, 0.2) is 23.7 Å². The molecule has 0 saturated heterocycles. The lowest BCUT2D eigenvalue weighted by atomic mass is 9.91. The number of hydrogen-bond donors (Lipinski definition) is 1. The fourth-order valence-electron chi connectivity index (χ4n) is 3.10. The number of amides is 1. The van der Waals surface area contributed by atoms with Gasteiger partial charge in [0.05, 0.1) is 12.2 Å². The Labute approximate surface area is 142 Å². The van der Waals surface area contributed by atoms with Crippen LogP contribution in [0, 0.1) is 0 Å². The third kappa shape index (κ3) is 2.60. The van der Waals surface area contributed by atoms with Crippen LogP contribution in [-0.4, -0.2) is 35.7 Å². The zero-order valence-electron chi connectivity index (χ0n) is 13.4. The summed E-state index contributed by atoms with van der Waals surface area (Å²) in [5.74, 6) is 1.31. The van der Waals surface area contributed by atoms with E-state index in [9.17, 15) is 4.79 Å². The van der Waals surface area contributed by atoms with Gasteiger partial charge in [-0.2, -0.15) is 4.98 Å². The minimum absolute atomic E-state index is 0.210. The Morgan fingerprint density at radius 3 is 3.04 bits per heavy atom. The van der Waals surface area contributed by atoms with Gasteiger partial charge in [0, 0.05) is 24.3 Å². The van der Waals surface area contributed by atoms with Gasteiger partial charge in [-0.25, -0.2) is 4.68 Å². The Hall–Kier alpha value is -2.55. The lowest BCUT2D eigenvalue weighted by Crippen LogP contribution is -2.24. The van der Waals surface area contributed by atoms with Crippen LogP contribution in [0.25, 0.3) is 0 Å². The van der Waals surface area contributed by atoms with Crippen LogP contribution in [0.3, 0.4) is 0 Å². The minimum atomic E-state index is -0.353. The van der Waals surface area contributed by atoms with E-state index < -0.39 is 0 Å². The highest BCUT2D eigenvalue weighted by Crippen LogP contribution is 2.39. The highest BCUT2D eigenvalue weighted by molar-refractivity contribution is 7.10. The van der Waals surface area contributed by atoms with Gasteiger partial charge in [-0.1, -0.05) is 11.3 Å². The Morgan fingerprint density at radius 1 is 1.46 bits per heavy atom. The van der Waals surface area contributed by atoms with Gasteiger partial charge in [0.15, 0.2) is 5.69 Å². The van der Waals surface area contributed by atoms with Crippen molar-refractivity contribution in [1.29, 1.82) is 0 Å². The number of fused-ring (bicyclic) bond motifs is 1. The predicted molar refractivity (Wildman–Crippen MR) is 89.1 cm³/mol. The van der Waals surface area contributed by atoms with Crippen LogP contribution in [0.5, 0.6) is 0 Å². The number of aromatic nitrogens is 6. The van der Waals surface area contributed by atoms with E-state index in [1.807, 2.05) is 4.68 Å². The molecule has 24 heavy (non-hydrogen) atoms. The molecule has 3 aromatic rings. The summed E-state index contributed by atoms with van der Waals surface area (Å²) in [6, 6.07) is 4.46. The number of hydrogen-bond acceptors (Lipinski definition) is 6. The molecule has 0 fully saturated rings. The number of nitrogens with zero attached hydrogens (tertiary/aromatic N) is 6. The minimum Gasteiger partial charge on any atom is -0.288 e. The average Bonchev–Trinajstić information content (AvgIpc) is 3.27. The molecule has 0 spiro atoms. The second-order valence-corrected chi connectivity index (χ2v) is 6.91. The molecule has 0 bridgehead atoms. The summed E-state index contributed by atoms with van der Waals surface area (Å²) < 4.78 is 3.41. The van der Waals surface area contributed by atoms with E-state index in [-0.39, 0.29) is 17.6 Å². The van der Waals surface area contributed by atoms with Gasteiger partial charge >= 0.3 is 0 Å². The van der Waals surface area contributed by atoms with Crippen LogP contribution in [0.4, 0.5) is 5.95 Å². The van der Waals surface area contributed by atoms with Crippen molar-refractivity contribution in [2.24, 2.45) is 7.05 Å². The molecular weight excluding hydrogens is 326 g/mol. The second kappa shape index (κ2) is 5.82. The van der Waals surface area contributed by atoms with Gasteiger partial charge in [-0.3, -0.25) is 14.8 Å². The maximum absolute atomic E-state index is 12.2. The summed E-state index contributed by atoms with van der Waals surface area (Å²) in [5, 5.41) is 16.8. The van der Waals surface area contributed by atoms with Crippen molar-refractivity contribution in [2.45, 2.75) is 31.7 Å². The first-order valence-electron chi connectivity index (χ1n) is 7.78. The van der Waals surface area contributed by atoms with Crippen molar-refractivity contribution in [3.63, 3.8) is 0 Å². The van der Waals surface area contributed by atoms with Crippen LogP contribution >= 0.6 is 11.3 Å². The van der Waals surface area contributed by atoms with Crippen molar-refractivity contribution in [3.8, 4) is 0 Å². The fourth-order valence-corrected chi connectivity index (χ4v) is 4.06. The van der Waals surface area contributed by atoms with E-state index in [1.54, 1.807) is 24.6 Å². The van der Waals surface area contributed by atoms with E-state index in [0.717, 1.165) is 18.7 Å². The number of carbonyl (C=O) groups is 1. The largest absolute Gasteiger partial charge is 0.288 e. The molecule has 4 rings (SSSR count). The molecule has 0 aliphatic carbocycles. The van der Waals surface area contributed by atoms with Gasteiger partial charge in [0.1, 0.15) is 5.82 Å². The van der Waals surface area contributed by atoms with E-state index in [4.69, 9.17) is 0 Å². The van der Waals surface area contributed by atoms with Crippen molar-refractivity contribution in [3.05, 3.63) is 40.1 Å². The molecular formula is C15H17N7OS. The topological polar surface area (TPSA) is 90.5 Å². The summed E-state index contributed by atoms with van der Waals surface area (Å²) in [4.78, 5) is 18.0. The predicted octanol–water partition coefficient (Wildman–Crippen LogP) is 2.01. The summed E-state index contributed by atoms with van der Waals surface area (Å²) >= 11 is 1.78. The monoisotopic (exact) mass is 343 g/mol. The summed E-state index contributed by atoms with van der Waals surface area (Å²) in [6.45, 7) is 2.15. The van der Waals surface area contributed by atoms with E-state index >= 15 is 0 Å².